The number of H-pyrrole nitrogens is 1. The fourth-order valence-corrected chi connectivity index (χ4v) is 2.78. The van der Waals surface area contributed by atoms with Gasteiger partial charge in [-0.3, -0.25) is 28.7 Å². The summed E-state index contributed by atoms with van der Waals surface area (Å²) >= 11 is 0. The van der Waals surface area contributed by atoms with E-state index in [1.54, 1.807) is 0 Å². The predicted octanol–water partition coefficient (Wildman–Crippen LogP) is -3.04. The highest BCUT2D eigenvalue weighted by molar-refractivity contribution is 5.68. The molecule has 15 heteroatoms. The third kappa shape index (κ3) is 3.95. The van der Waals surface area contributed by atoms with Crippen molar-refractivity contribution in [1.29, 1.82) is 0 Å². The number of nitrogens with one attached hydrogen (secondary N) is 1. The van der Waals surface area contributed by atoms with Gasteiger partial charge in [0.2, 0.25) is 18.3 Å². The van der Waals surface area contributed by atoms with Crippen LogP contribution in [0, 0.1) is 5.82 Å². The number of ether oxygens (including phenoxy) is 4. The van der Waals surface area contributed by atoms with Crippen molar-refractivity contribution in [2.24, 2.45) is 0 Å². The summed E-state index contributed by atoms with van der Waals surface area (Å²) in [6, 6.07) is 0. The number of halogens is 1. The molecule has 0 spiro atoms. The molecule has 1 aliphatic heterocycles. The summed E-state index contributed by atoms with van der Waals surface area (Å²) < 4.78 is 32.7. The van der Waals surface area contributed by atoms with Crippen LogP contribution >= 0.6 is 0 Å². The minimum atomic E-state index is -3.50. The van der Waals surface area contributed by atoms with E-state index >= 15 is 0 Å². The first-order chi connectivity index (χ1) is 13.7. The van der Waals surface area contributed by atoms with Crippen molar-refractivity contribution in [2.45, 2.75) is 51.0 Å². The fraction of sp³-hybridized carbons (Fsp3) is 0.533. The minimum Gasteiger partial charge on any atom is -0.433 e. The van der Waals surface area contributed by atoms with Gasteiger partial charge >= 0.3 is 35.2 Å². The number of rotatable bonds is 5. The number of aromatic nitrogens is 2. The Balaban J connectivity index is 2.75. The number of aliphatic hydroxyl groups excluding tert-OH is 1. The molecule has 166 valence electrons. The van der Waals surface area contributed by atoms with Gasteiger partial charge in [0.15, 0.2) is 6.10 Å². The number of carbonyl (C=O) groups excluding carboxylic acids is 3. The van der Waals surface area contributed by atoms with Crippen LogP contribution in [0.5, 0.6) is 0 Å². The molecule has 0 aliphatic carbocycles. The number of aromatic amines is 1. The summed E-state index contributed by atoms with van der Waals surface area (Å²) in [7, 11) is 0. The van der Waals surface area contributed by atoms with Crippen LogP contribution in [0.4, 0.5) is 4.39 Å². The lowest BCUT2D eigenvalue weighted by Crippen LogP contribution is -2.65. The second kappa shape index (κ2) is 7.94. The Bertz CT molecular complexity index is 989. The molecule has 1 aliphatic rings. The zero-order chi connectivity index (χ0) is 23.0. The van der Waals surface area contributed by atoms with Gasteiger partial charge in [0.25, 0.3) is 5.56 Å². The Kier molecular flexibility index (Phi) is 6.13. The molecule has 0 bridgehead atoms. The molecule has 4 N–H and O–H groups in total. The quantitative estimate of drug-likeness (QED) is 0.207. The maximum Gasteiger partial charge on any atom is 0.330 e. The molecule has 1 aromatic rings. The molecule has 1 aromatic heterocycles. The second-order valence-electron chi connectivity index (χ2n) is 6.13. The fourth-order valence-electron chi connectivity index (χ4n) is 2.78. The van der Waals surface area contributed by atoms with Gasteiger partial charge in [-0.1, -0.05) is 0 Å². The van der Waals surface area contributed by atoms with Crippen molar-refractivity contribution in [3.05, 3.63) is 32.9 Å². The van der Waals surface area contributed by atoms with E-state index in [-0.39, 0.29) is 10.8 Å². The van der Waals surface area contributed by atoms with Crippen LogP contribution in [0.3, 0.4) is 0 Å². The van der Waals surface area contributed by atoms with E-state index in [1.807, 2.05) is 0 Å². The number of hydrogen-bond acceptors (Lipinski definition) is 12. The van der Waals surface area contributed by atoms with Crippen LogP contribution in [0.15, 0.2) is 15.8 Å². The molecule has 5 atom stereocenters. The van der Waals surface area contributed by atoms with Crippen LogP contribution in [0.25, 0.3) is 0 Å². The molecule has 2 rings (SSSR count). The normalized spacial score (nSPS) is 29.2. The molecule has 0 amide bonds. The van der Waals surface area contributed by atoms with Gasteiger partial charge < -0.3 is 34.3 Å². The van der Waals surface area contributed by atoms with Crippen molar-refractivity contribution >= 4 is 17.9 Å². The van der Waals surface area contributed by atoms with Gasteiger partial charge in [-0.25, -0.2) is 4.79 Å². The largest absolute Gasteiger partial charge is 0.433 e. The second-order valence-corrected chi connectivity index (χ2v) is 6.13. The molecule has 1 fully saturated rings. The number of hydrogen-bond donors (Lipinski definition) is 4. The lowest BCUT2D eigenvalue weighted by Gasteiger charge is -2.38. The highest BCUT2D eigenvalue weighted by Crippen LogP contribution is 2.48. The highest BCUT2D eigenvalue weighted by atomic mass is 19.1. The number of carbonyl (C=O) groups is 3. The lowest BCUT2D eigenvalue weighted by molar-refractivity contribution is -0.366. The SMILES string of the molecule is CC(=O)OC(O)[C@H]1O[C@@H](n2cc(F)c(=O)[nH]c2=O)[C@@](O)(OC(C)=O)[C@@]1(O)OC(C)=O. The van der Waals surface area contributed by atoms with Crippen LogP contribution < -0.4 is 11.2 Å². The molecule has 1 unspecified atom stereocenters. The Hall–Kier alpha value is -3.14. The summed E-state index contributed by atoms with van der Waals surface area (Å²) in [5.74, 6) is -12.2. The average molecular weight is 436 g/mol. The van der Waals surface area contributed by atoms with Crippen LogP contribution in [0.2, 0.25) is 0 Å². The van der Waals surface area contributed by atoms with E-state index < -0.39 is 65.2 Å². The zero-order valence-corrected chi connectivity index (χ0v) is 15.7. The van der Waals surface area contributed by atoms with Crippen LogP contribution in [0.1, 0.15) is 27.0 Å². The smallest absolute Gasteiger partial charge is 0.330 e. The topological polar surface area (TPSA) is 204 Å². The van der Waals surface area contributed by atoms with E-state index in [0.29, 0.717) is 0 Å². The first kappa shape index (κ1) is 23.1. The van der Waals surface area contributed by atoms with Gasteiger partial charge in [-0.05, 0) is 0 Å². The van der Waals surface area contributed by atoms with Crippen molar-refractivity contribution in [3.63, 3.8) is 0 Å². The van der Waals surface area contributed by atoms with E-state index in [4.69, 9.17) is 4.74 Å². The monoisotopic (exact) mass is 436 g/mol. The molecular formula is C15H17FN2O12. The zero-order valence-electron chi connectivity index (χ0n) is 15.7. The van der Waals surface area contributed by atoms with Gasteiger partial charge in [-0.2, -0.15) is 4.39 Å². The number of nitrogens with zero attached hydrogens (tertiary/aromatic N) is 1. The third-order valence-electron chi connectivity index (χ3n) is 3.83. The van der Waals surface area contributed by atoms with Crippen molar-refractivity contribution in [1.82, 2.24) is 9.55 Å². The molecule has 1 saturated heterocycles. The molecule has 2 heterocycles. The summed E-state index contributed by atoms with van der Waals surface area (Å²) in [6.45, 7) is 2.34. The Morgan fingerprint density at radius 1 is 1.13 bits per heavy atom. The van der Waals surface area contributed by atoms with E-state index in [1.165, 1.54) is 4.98 Å². The van der Waals surface area contributed by atoms with Crippen LogP contribution in [-0.2, 0) is 33.3 Å². The number of aliphatic hydroxyl groups is 3. The first-order valence-electron chi connectivity index (χ1n) is 8.08. The maximum absolute atomic E-state index is 13.7. The molecule has 0 saturated carbocycles. The summed E-state index contributed by atoms with van der Waals surface area (Å²) in [4.78, 5) is 59.1. The Morgan fingerprint density at radius 2 is 1.67 bits per heavy atom. The van der Waals surface area contributed by atoms with Gasteiger partial charge in [0.1, 0.15) is 0 Å². The summed E-state index contributed by atoms with van der Waals surface area (Å²) in [6.07, 6.45) is -6.99. The summed E-state index contributed by atoms with van der Waals surface area (Å²) in [5, 5.41) is 31.9. The standard InChI is InChI=1S/C15H17FN2O12/c1-5(19)27-11(23)9-14(25,29-6(2)20)15(26,30-7(3)21)12(28-9)18-4-8(16)10(22)17-13(18)24/h4,9,11-12,23,25-26H,1-3H3,(H,17,22,24)/t9-,11?,12-,14+,15-/m1/s1. The van der Waals surface area contributed by atoms with Crippen molar-refractivity contribution < 1.29 is 53.0 Å². The van der Waals surface area contributed by atoms with Gasteiger partial charge in [0, 0.05) is 20.8 Å². The number of esters is 3. The first-order valence-corrected chi connectivity index (χ1v) is 8.08. The maximum atomic E-state index is 13.7. The van der Waals surface area contributed by atoms with E-state index in [0.717, 1.165) is 20.8 Å². The molecule has 30 heavy (non-hydrogen) atoms. The molecule has 0 aromatic carbocycles. The van der Waals surface area contributed by atoms with Crippen molar-refractivity contribution in [3.8, 4) is 0 Å². The Morgan fingerprint density at radius 3 is 2.17 bits per heavy atom. The van der Waals surface area contributed by atoms with Gasteiger partial charge in [0.05, 0.1) is 6.20 Å². The van der Waals surface area contributed by atoms with Crippen LogP contribution in [-0.4, -0.2) is 66.7 Å². The van der Waals surface area contributed by atoms with Gasteiger partial charge in [-0.15, -0.1) is 0 Å². The minimum absolute atomic E-state index is 0.147. The predicted molar refractivity (Wildman–Crippen MR) is 86.4 cm³/mol. The van der Waals surface area contributed by atoms with E-state index in [2.05, 4.69) is 14.2 Å². The molecular weight excluding hydrogens is 419 g/mol. The molecule has 0 radical (unpaired) electrons. The third-order valence-corrected chi connectivity index (χ3v) is 3.83. The average Bonchev–Trinajstić information content (AvgIpc) is 2.77. The summed E-state index contributed by atoms with van der Waals surface area (Å²) in [5.41, 5.74) is -2.86. The van der Waals surface area contributed by atoms with E-state index in [9.17, 15) is 43.7 Å². The van der Waals surface area contributed by atoms with Crippen molar-refractivity contribution in [2.75, 3.05) is 0 Å². The highest BCUT2D eigenvalue weighted by Gasteiger charge is 2.75. The molecule has 14 nitrogen and oxygen atoms in total. The Labute approximate surface area is 165 Å². The lowest BCUT2D eigenvalue weighted by atomic mass is 10.0.